The van der Waals surface area contributed by atoms with Crippen LogP contribution < -0.4 is 10.1 Å². The second kappa shape index (κ2) is 7.99. The number of aromatic nitrogens is 3. The molecule has 0 fully saturated rings. The first-order chi connectivity index (χ1) is 13.7. The summed E-state index contributed by atoms with van der Waals surface area (Å²) in [5.74, 6) is -3.11. The van der Waals surface area contributed by atoms with Crippen molar-refractivity contribution in [1.29, 1.82) is 0 Å². The van der Waals surface area contributed by atoms with Gasteiger partial charge in [-0.15, -0.1) is 13.2 Å². The lowest BCUT2D eigenvalue weighted by Crippen LogP contribution is -2.31. The molecular formula is C17H13F5N4O3. The van der Waals surface area contributed by atoms with Crippen LogP contribution in [0.25, 0.3) is 5.65 Å². The molecule has 0 spiro atoms. The van der Waals surface area contributed by atoms with Crippen LogP contribution in [-0.4, -0.2) is 33.5 Å². The normalized spacial score (nSPS) is 12.8. The molecule has 1 atom stereocenters. The first kappa shape index (κ1) is 20.5. The van der Waals surface area contributed by atoms with E-state index in [1.165, 1.54) is 10.7 Å². The van der Waals surface area contributed by atoms with Gasteiger partial charge in [-0.3, -0.25) is 4.79 Å². The van der Waals surface area contributed by atoms with Crippen LogP contribution in [-0.2, 0) is 4.94 Å². The Morgan fingerprint density at radius 3 is 2.72 bits per heavy atom. The Morgan fingerprint density at radius 2 is 2.07 bits per heavy atom. The van der Waals surface area contributed by atoms with Gasteiger partial charge in [-0.25, -0.2) is 13.9 Å². The van der Waals surface area contributed by atoms with Gasteiger partial charge in [0.2, 0.25) is 0 Å². The number of carbonyl (C=O) groups excluding carboxylic acids is 1. The number of halogens is 5. The summed E-state index contributed by atoms with van der Waals surface area (Å²) in [5, 5.41) is 6.39. The third-order valence-electron chi connectivity index (χ3n) is 3.87. The summed E-state index contributed by atoms with van der Waals surface area (Å²) in [5.41, 5.74) is 0.888. The number of hydrogen-bond acceptors (Lipinski definition) is 5. The SMILES string of the molecule is Cc1ccn2ncc(C(=O)NC(COF)c3ccc(OC(F)(F)F)c(F)c3)c2n1. The summed E-state index contributed by atoms with van der Waals surface area (Å²) in [4.78, 5) is 20.3. The van der Waals surface area contributed by atoms with Crippen LogP contribution in [0.5, 0.6) is 5.75 Å². The second-order valence-electron chi connectivity index (χ2n) is 5.93. The molecule has 0 saturated carbocycles. The average molecular weight is 416 g/mol. The van der Waals surface area contributed by atoms with Gasteiger partial charge in [0.15, 0.2) is 17.2 Å². The van der Waals surface area contributed by atoms with Crippen molar-refractivity contribution >= 4 is 11.6 Å². The fourth-order valence-electron chi connectivity index (χ4n) is 2.58. The van der Waals surface area contributed by atoms with E-state index in [0.29, 0.717) is 11.8 Å². The van der Waals surface area contributed by atoms with Crippen molar-refractivity contribution in [3.63, 3.8) is 0 Å². The molecule has 7 nitrogen and oxygen atoms in total. The highest BCUT2D eigenvalue weighted by molar-refractivity contribution is 5.99. The third kappa shape index (κ3) is 4.77. The molecule has 1 unspecified atom stereocenters. The molecule has 3 rings (SSSR count). The third-order valence-corrected chi connectivity index (χ3v) is 3.87. The number of rotatable bonds is 6. The summed E-state index contributed by atoms with van der Waals surface area (Å²) < 4.78 is 68.1. The minimum Gasteiger partial charge on any atom is -0.403 e. The van der Waals surface area contributed by atoms with Crippen molar-refractivity contribution in [2.45, 2.75) is 19.3 Å². The van der Waals surface area contributed by atoms with Crippen molar-refractivity contribution in [3.05, 3.63) is 59.3 Å². The van der Waals surface area contributed by atoms with E-state index in [9.17, 15) is 26.9 Å². The van der Waals surface area contributed by atoms with Crippen molar-refractivity contribution in [2.75, 3.05) is 6.61 Å². The monoisotopic (exact) mass is 416 g/mol. The zero-order chi connectivity index (χ0) is 21.2. The lowest BCUT2D eigenvalue weighted by molar-refractivity contribution is -0.275. The van der Waals surface area contributed by atoms with Gasteiger partial charge in [-0.2, -0.15) is 10.0 Å². The number of amides is 1. The molecule has 0 aliphatic carbocycles. The van der Waals surface area contributed by atoms with Crippen LogP contribution in [0.15, 0.2) is 36.7 Å². The predicted octanol–water partition coefficient (Wildman–Crippen LogP) is 3.45. The summed E-state index contributed by atoms with van der Waals surface area (Å²) in [6.45, 7) is 0.998. The van der Waals surface area contributed by atoms with E-state index in [0.717, 1.165) is 12.1 Å². The molecule has 0 saturated heterocycles. The van der Waals surface area contributed by atoms with E-state index < -0.39 is 36.5 Å². The van der Waals surface area contributed by atoms with Crippen LogP contribution in [0.2, 0.25) is 0 Å². The maximum absolute atomic E-state index is 13.9. The van der Waals surface area contributed by atoms with E-state index in [1.807, 2.05) is 0 Å². The molecule has 1 N–H and O–H groups in total. The summed E-state index contributed by atoms with van der Waals surface area (Å²) >= 11 is 0. The lowest BCUT2D eigenvalue weighted by Gasteiger charge is -2.18. The lowest BCUT2D eigenvalue weighted by atomic mass is 10.1. The van der Waals surface area contributed by atoms with Crippen LogP contribution >= 0.6 is 0 Å². The van der Waals surface area contributed by atoms with Gasteiger partial charge in [-0.1, -0.05) is 6.07 Å². The summed E-state index contributed by atoms with van der Waals surface area (Å²) in [6.07, 6.45) is -2.25. The van der Waals surface area contributed by atoms with Gasteiger partial charge >= 0.3 is 6.36 Å². The highest BCUT2D eigenvalue weighted by Crippen LogP contribution is 2.28. The standard InChI is InChI=1S/C17H13F5N4O3/c1-9-4-5-26-15(24-9)11(7-23-26)16(27)25-13(8-28-22)10-2-3-14(12(18)6-10)29-17(19,20)21/h2-7,13H,8H2,1H3,(H,25,27). The fraction of sp³-hybridized carbons (Fsp3) is 0.235. The maximum Gasteiger partial charge on any atom is 0.573 e. The van der Waals surface area contributed by atoms with Crippen molar-refractivity contribution < 1.29 is 36.6 Å². The first-order valence-electron chi connectivity index (χ1n) is 8.08. The molecule has 2 aromatic heterocycles. The first-order valence-corrected chi connectivity index (χ1v) is 8.08. The minimum atomic E-state index is -5.08. The van der Waals surface area contributed by atoms with Crippen LogP contribution in [0.3, 0.4) is 0 Å². The number of hydrogen-bond donors (Lipinski definition) is 1. The Labute approximate surface area is 160 Å². The van der Waals surface area contributed by atoms with E-state index in [4.69, 9.17) is 0 Å². The van der Waals surface area contributed by atoms with Gasteiger partial charge in [-0.05, 0) is 35.2 Å². The van der Waals surface area contributed by atoms with E-state index >= 15 is 0 Å². The van der Waals surface area contributed by atoms with Crippen molar-refractivity contribution in [1.82, 2.24) is 19.9 Å². The average Bonchev–Trinajstić information content (AvgIpc) is 3.05. The summed E-state index contributed by atoms with van der Waals surface area (Å²) in [6, 6.07) is 2.92. The molecule has 0 aliphatic heterocycles. The molecule has 0 radical (unpaired) electrons. The largest absolute Gasteiger partial charge is 0.573 e. The predicted molar refractivity (Wildman–Crippen MR) is 88.1 cm³/mol. The Bertz CT molecular complexity index is 1040. The quantitative estimate of drug-likeness (QED) is 0.623. The van der Waals surface area contributed by atoms with Gasteiger partial charge in [0.1, 0.15) is 12.2 Å². The summed E-state index contributed by atoms with van der Waals surface area (Å²) in [7, 11) is 0. The molecule has 0 aliphatic rings. The topological polar surface area (TPSA) is 77.8 Å². The zero-order valence-corrected chi connectivity index (χ0v) is 14.7. The molecular weight excluding hydrogens is 403 g/mol. The maximum atomic E-state index is 13.9. The van der Waals surface area contributed by atoms with Gasteiger partial charge in [0.25, 0.3) is 5.91 Å². The van der Waals surface area contributed by atoms with Crippen molar-refractivity contribution in [2.24, 2.45) is 0 Å². The zero-order valence-electron chi connectivity index (χ0n) is 14.7. The van der Waals surface area contributed by atoms with Crippen LogP contribution in [0.4, 0.5) is 22.1 Å². The van der Waals surface area contributed by atoms with E-state index in [-0.39, 0.29) is 16.8 Å². The molecule has 1 aromatic carbocycles. The van der Waals surface area contributed by atoms with Crippen molar-refractivity contribution in [3.8, 4) is 5.75 Å². The Kier molecular flexibility index (Phi) is 5.64. The van der Waals surface area contributed by atoms with Crippen LogP contribution in [0, 0.1) is 12.7 Å². The molecule has 3 aromatic rings. The smallest absolute Gasteiger partial charge is 0.403 e. The Hall–Kier alpha value is -3.28. The fourth-order valence-corrected chi connectivity index (χ4v) is 2.58. The second-order valence-corrected chi connectivity index (χ2v) is 5.93. The van der Waals surface area contributed by atoms with Crippen LogP contribution in [0.1, 0.15) is 27.7 Å². The number of aryl methyl sites for hydroxylation is 1. The number of ether oxygens (including phenoxy) is 1. The number of nitrogens with zero attached hydrogens (tertiary/aromatic N) is 3. The number of nitrogens with one attached hydrogen (secondary N) is 1. The van der Waals surface area contributed by atoms with E-state index in [1.54, 1.807) is 19.2 Å². The van der Waals surface area contributed by atoms with E-state index in [2.05, 4.69) is 25.1 Å². The molecule has 2 heterocycles. The molecule has 29 heavy (non-hydrogen) atoms. The molecule has 1 amide bonds. The highest BCUT2D eigenvalue weighted by Gasteiger charge is 2.32. The van der Waals surface area contributed by atoms with Gasteiger partial charge < -0.3 is 10.1 Å². The van der Waals surface area contributed by atoms with Gasteiger partial charge in [0.05, 0.1) is 12.2 Å². The Morgan fingerprint density at radius 1 is 1.31 bits per heavy atom. The highest BCUT2D eigenvalue weighted by atomic mass is 19.4. The molecule has 0 bridgehead atoms. The number of carbonyl (C=O) groups is 1. The van der Waals surface area contributed by atoms with Gasteiger partial charge in [0, 0.05) is 11.9 Å². The Balaban J connectivity index is 1.85. The molecule has 12 heteroatoms. The minimum absolute atomic E-state index is 0.0383. The molecule has 154 valence electrons. The number of benzene rings is 1. The number of fused-ring (bicyclic) bond motifs is 1. The number of alkyl halides is 3.